The molecule has 0 aromatic heterocycles. The summed E-state index contributed by atoms with van der Waals surface area (Å²) in [7, 11) is 0. The minimum absolute atomic E-state index is 0.307. The summed E-state index contributed by atoms with van der Waals surface area (Å²) in [5.41, 5.74) is 6.95. The maximum absolute atomic E-state index is 11.1. The van der Waals surface area contributed by atoms with Crippen molar-refractivity contribution in [2.45, 2.75) is 38.0 Å². The van der Waals surface area contributed by atoms with Crippen LogP contribution in [-0.2, 0) is 6.54 Å². The summed E-state index contributed by atoms with van der Waals surface area (Å²) >= 11 is 1.92. The first kappa shape index (κ1) is 16.1. The number of amides is 1. The van der Waals surface area contributed by atoms with Gasteiger partial charge in [-0.1, -0.05) is 26.0 Å². The smallest absolute Gasteiger partial charge is 0.248 e. The number of hydrogen-bond acceptors (Lipinski definition) is 3. The molecule has 0 saturated carbocycles. The molecule has 0 unspecified atom stereocenters. The minimum atomic E-state index is -0.373. The Hall–Kier alpha value is -1.00. The summed E-state index contributed by atoms with van der Waals surface area (Å²) < 4.78 is 0.307. The van der Waals surface area contributed by atoms with E-state index in [2.05, 4.69) is 25.4 Å². The fraction of sp³-hybridized carbons (Fsp3) is 0.533. The quantitative estimate of drug-likeness (QED) is 0.770. The summed E-state index contributed by atoms with van der Waals surface area (Å²) in [6.45, 7) is 6.20. The molecular formula is C15H24N2OS. The Bertz CT molecular complexity index is 408. The van der Waals surface area contributed by atoms with Crippen molar-refractivity contribution in [2.24, 2.45) is 5.73 Å². The van der Waals surface area contributed by atoms with E-state index in [4.69, 9.17) is 5.73 Å². The number of carbonyl (C=O) groups is 1. The van der Waals surface area contributed by atoms with Gasteiger partial charge in [-0.15, -0.1) is 0 Å². The maximum Gasteiger partial charge on any atom is 0.248 e. The standard InChI is InChI=1S/C15H24N2OS/c1-4-15(5-2,19-3)11-17-10-12-7-6-8-13(9-12)14(16)18/h6-9,17H,4-5,10-11H2,1-3H3,(H2,16,18). The molecule has 4 heteroatoms. The summed E-state index contributed by atoms with van der Waals surface area (Å²) in [4.78, 5) is 11.1. The van der Waals surface area contributed by atoms with Crippen LogP contribution in [0.3, 0.4) is 0 Å². The van der Waals surface area contributed by atoms with E-state index in [-0.39, 0.29) is 5.91 Å². The molecular weight excluding hydrogens is 256 g/mol. The SMILES string of the molecule is CCC(CC)(CNCc1cccc(C(N)=O)c1)SC. The Morgan fingerprint density at radius 1 is 1.37 bits per heavy atom. The van der Waals surface area contributed by atoms with Crippen LogP contribution in [0.5, 0.6) is 0 Å². The van der Waals surface area contributed by atoms with E-state index in [9.17, 15) is 4.79 Å². The molecule has 3 nitrogen and oxygen atoms in total. The molecule has 3 N–H and O–H groups in total. The predicted molar refractivity (Wildman–Crippen MR) is 83.5 cm³/mol. The van der Waals surface area contributed by atoms with Crippen LogP contribution < -0.4 is 11.1 Å². The van der Waals surface area contributed by atoms with E-state index in [1.165, 1.54) is 0 Å². The van der Waals surface area contributed by atoms with Gasteiger partial charge in [-0.3, -0.25) is 4.79 Å². The van der Waals surface area contributed by atoms with Crippen molar-refractivity contribution in [1.82, 2.24) is 5.32 Å². The Kier molecular flexibility index (Phi) is 6.38. The summed E-state index contributed by atoms with van der Waals surface area (Å²) in [6.07, 6.45) is 4.47. The lowest BCUT2D eigenvalue weighted by molar-refractivity contribution is 0.1000. The number of carbonyl (C=O) groups excluding carboxylic acids is 1. The van der Waals surface area contributed by atoms with E-state index >= 15 is 0 Å². The number of nitrogens with one attached hydrogen (secondary N) is 1. The Morgan fingerprint density at radius 3 is 2.58 bits per heavy atom. The third-order valence-electron chi connectivity index (χ3n) is 3.71. The van der Waals surface area contributed by atoms with Crippen LogP contribution in [-0.4, -0.2) is 23.5 Å². The van der Waals surface area contributed by atoms with Crippen molar-refractivity contribution < 1.29 is 4.79 Å². The molecule has 0 aliphatic carbocycles. The van der Waals surface area contributed by atoms with Crippen LogP contribution in [0.4, 0.5) is 0 Å². The fourth-order valence-corrected chi connectivity index (χ4v) is 2.95. The van der Waals surface area contributed by atoms with Gasteiger partial charge in [-0.05, 0) is 36.8 Å². The molecule has 0 atom stereocenters. The van der Waals surface area contributed by atoms with Crippen molar-refractivity contribution in [3.63, 3.8) is 0 Å². The fourth-order valence-electron chi connectivity index (χ4n) is 2.13. The molecule has 0 spiro atoms. The van der Waals surface area contributed by atoms with E-state index in [1.807, 2.05) is 30.0 Å². The molecule has 0 fully saturated rings. The highest BCUT2D eigenvalue weighted by Gasteiger charge is 2.23. The Labute approximate surface area is 120 Å². The van der Waals surface area contributed by atoms with Gasteiger partial charge in [0.2, 0.25) is 5.91 Å². The molecule has 0 saturated heterocycles. The summed E-state index contributed by atoms with van der Waals surface area (Å²) in [5, 5.41) is 3.49. The highest BCUT2D eigenvalue weighted by molar-refractivity contribution is 8.00. The van der Waals surface area contributed by atoms with E-state index in [0.29, 0.717) is 10.3 Å². The minimum Gasteiger partial charge on any atom is -0.366 e. The monoisotopic (exact) mass is 280 g/mol. The average Bonchev–Trinajstić information content (AvgIpc) is 2.44. The second-order valence-corrected chi connectivity index (χ2v) is 6.04. The van der Waals surface area contributed by atoms with Crippen LogP contribution >= 0.6 is 11.8 Å². The molecule has 1 rings (SSSR count). The zero-order valence-electron chi connectivity index (χ0n) is 12.0. The first-order valence-corrected chi connectivity index (χ1v) is 7.94. The van der Waals surface area contributed by atoms with Crippen molar-refractivity contribution in [3.05, 3.63) is 35.4 Å². The summed E-state index contributed by atoms with van der Waals surface area (Å²) in [6, 6.07) is 7.49. The van der Waals surface area contributed by atoms with Gasteiger partial charge in [0.15, 0.2) is 0 Å². The number of benzene rings is 1. The third-order valence-corrected chi connectivity index (χ3v) is 5.30. The molecule has 0 heterocycles. The van der Waals surface area contributed by atoms with Crippen molar-refractivity contribution >= 4 is 17.7 Å². The van der Waals surface area contributed by atoms with Crippen LogP contribution in [0.1, 0.15) is 42.6 Å². The first-order chi connectivity index (χ1) is 9.06. The molecule has 0 radical (unpaired) electrons. The van der Waals surface area contributed by atoms with Gasteiger partial charge in [-0.25, -0.2) is 0 Å². The number of rotatable bonds is 8. The lowest BCUT2D eigenvalue weighted by atomic mass is 10.0. The van der Waals surface area contributed by atoms with Gasteiger partial charge in [-0.2, -0.15) is 11.8 Å². The molecule has 0 bridgehead atoms. The van der Waals surface area contributed by atoms with Crippen molar-refractivity contribution in [2.75, 3.05) is 12.8 Å². The highest BCUT2D eigenvalue weighted by Crippen LogP contribution is 2.29. The topological polar surface area (TPSA) is 55.1 Å². The Balaban J connectivity index is 2.57. The molecule has 19 heavy (non-hydrogen) atoms. The highest BCUT2D eigenvalue weighted by atomic mass is 32.2. The summed E-state index contributed by atoms with van der Waals surface area (Å²) in [5.74, 6) is -0.373. The lowest BCUT2D eigenvalue weighted by Gasteiger charge is -2.30. The second-order valence-electron chi connectivity index (χ2n) is 4.76. The van der Waals surface area contributed by atoms with Crippen LogP contribution in [0.15, 0.2) is 24.3 Å². The number of thioether (sulfide) groups is 1. The largest absolute Gasteiger partial charge is 0.366 e. The van der Waals surface area contributed by atoms with Gasteiger partial charge in [0.25, 0.3) is 0 Å². The normalized spacial score (nSPS) is 11.5. The van der Waals surface area contributed by atoms with E-state index < -0.39 is 0 Å². The van der Waals surface area contributed by atoms with Crippen LogP contribution in [0.25, 0.3) is 0 Å². The maximum atomic E-state index is 11.1. The van der Waals surface area contributed by atoms with Crippen molar-refractivity contribution in [1.29, 1.82) is 0 Å². The first-order valence-electron chi connectivity index (χ1n) is 6.71. The average molecular weight is 280 g/mol. The molecule has 1 aromatic carbocycles. The van der Waals surface area contributed by atoms with Gasteiger partial charge < -0.3 is 11.1 Å². The molecule has 1 amide bonds. The van der Waals surface area contributed by atoms with Gasteiger partial charge in [0, 0.05) is 23.4 Å². The molecule has 1 aromatic rings. The zero-order valence-corrected chi connectivity index (χ0v) is 12.8. The third kappa shape index (κ3) is 4.55. The predicted octanol–water partition coefficient (Wildman–Crippen LogP) is 2.80. The molecule has 0 aliphatic heterocycles. The van der Waals surface area contributed by atoms with E-state index in [1.54, 1.807) is 6.07 Å². The van der Waals surface area contributed by atoms with Gasteiger partial charge >= 0.3 is 0 Å². The Morgan fingerprint density at radius 2 is 2.05 bits per heavy atom. The zero-order chi connectivity index (χ0) is 14.3. The number of nitrogens with two attached hydrogens (primary N) is 1. The van der Waals surface area contributed by atoms with Crippen LogP contribution in [0, 0.1) is 0 Å². The number of hydrogen-bond donors (Lipinski definition) is 2. The van der Waals surface area contributed by atoms with Gasteiger partial charge in [0.1, 0.15) is 0 Å². The lowest BCUT2D eigenvalue weighted by Crippen LogP contribution is -2.36. The number of primary amides is 1. The van der Waals surface area contributed by atoms with E-state index in [0.717, 1.165) is 31.5 Å². The molecule has 106 valence electrons. The van der Waals surface area contributed by atoms with Crippen molar-refractivity contribution in [3.8, 4) is 0 Å². The van der Waals surface area contributed by atoms with Crippen LogP contribution in [0.2, 0.25) is 0 Å². The van der Waals surface area contributed by atoms with Gasteiger partial charge in [0.05, 0.1) is 0 Å². The molecule has 0 aliphatic rings. The second kappa shape index (κ2) is 7.56.